The second-order valence-electron chi connectivity index (χ2n) is 4.06. The topological polar surface area (TPSA) is 63.7 Å². The second kappa shape index (κ2) is 5.69. The molecule has 0 bridgehead atoms. The van der Waals surface area contributed by atoms with E-state index < -0.39 is 15.9 Å². The molecule has 0 radical (unpaired) electrons. The number of ether oxygens (including phenoxy) is 1. The van der Waals surface area contributed by atoms with Gasteiger partial charge in [-0.3, -0.25) is 4.79 Å². The molecule has 1 fully saturated rings. The highest BCUT2D eigenvalue weighted by Gasteiger charge is 2.37. The Morgan fingerprint density at radius 2 is 2.32 bits per heavy atom. The summed E-state index contributed by atoms with van der Waals surface area (Å²) in [4.78, 5) is 11.4. The van der Waals surface area contributed by atoms with Gasteiger partial charge in [0.2, 0.25) is 0 Å². The molecule has 106 valence electrons. The lowest BCUT2D eigenvalue weighted by Gasteiger charge is -2.14. The van der Waals surface area contributed by atoms with Crippen LogP contribution in [0.3, 0.4) is 0 Å². The number of hydrogen-bond donors (Lipinski definition) is 0. The Hall–Kier alpha value is -0.150. The van der Waals surface area contributed by atoms with Gasteiger partial charge >= 0.3 is 5.97 Å². The van der Waals surface area contributed by atoms with Gasteiger partial charge in [0.25, 0.3) is 10.0 Å². The molecule has 1 atom stereocenters. The van der Waals surface area contributed by atoms with E-state index in [-0.39, 0.29) is 16.7 Å². The minimum Gasteiger partial charge on any atom is -0.469 e. The van der Waals surface area contributed by atoms with Gasteiger partial charge in [0.1, 0.15) is 4.21 Å². The molecule has 0 aliphatic carbocycles. The molecule has 5 nitrogen and oxygen atoms in total. The van der Waals surface area contributed by atoms with Crippen LogP contribution in [0.25, 0.3) is 0 Å². The fourth-order valence-electron chi connectivity index (χ4n) is 1.89. The Labute approximate surface area is 128 Å². The summed E-state index contributed by atoms with van der Waals surface area (Å²) in [5, 5.41) is 0.368. The predicted molar refractivity (Wildman–Crippen MR) is 75.9 cm³/mol. The fourth-order valence-corrected chi connectivity index (χ4v) is 5.94. The highest BCUT2D eigenvalue weighted by Crippen LogP contribution is 2.37. The molecule has 1 saturated heterocycles. The Morgan fingerprint density at radius 1 is 1.63 bits per heavy atom. The van der Waals surface area contributed by atoms with Crippen LogP contribution in [0.15, 0.2) is 14.1 Å². The van der Waals surface area contributed by atoms with Crippen molar-refractivity contribution in [3.8, 4) is 0 Å². The minimum absolute atomic E-state index is 0.155. The maximum Gasteiger partial charge on any atom is 0.310 e. The average Bonchev–Trinajstić information content (AvgIpc) is 2.97. The summed E-state index contributed by atoms with van der Waals surface area (Å²) in [6.07, 6.45) is 0.478. The fraction of sp³-hybridized carbons (Fsp3) is 0.500. The van der Waals surface area contributed by atoms with Crippen LogP contribution in [0, 0.1) is 5.92 Å². The van der Waals surface area contributed by atoms with Crippen molar-refractivity contribution in [3.05, 3.63) is 14.9 Å². The number of carbonyl (C=O) groups is 1. The molecule has 1 aliphatic heterocycles. The Balaban J connectivity index is 2.20. The van der Waals surface area contributed by atoms with Gasteiger partial charge in [-0.05, 0) is 28.4 Å². The van der Waals surface area contributed by atoms with E-state index in [9.17, 15) is 13.2 Å². The second-order valence-corrected chi connectivity index (χ2v) is 9.00. The van der Waals surface area contributed by atoms with Crippen LogP contribution < -0.4 is 0 Å². The van der Waals surface area contributed by atoms with Gasteiger partial charge in [-0.1, -0.05) is 11.6 Å². The summed E-state index contributed by atoms with van der Waals surface area (Å²) in [5.41, 5.74) is 0. The van der Waals surface area contributed by atoms with Gasteiger partial charge in [0.05, 0.1) is 21.8 Å². The normalized spacial score (nSPS) is 20.7. The van der Waals surface area contributed by atoms with Crippen molar-refractivity contribution < 1.29 is 17.9 Å². The zero-order valence-electron chi connectivity index (χ0n) is 9.93. The van der Waals surface area contributed by atoms with Crippen LogP contribution in [0.5, 0.6) is 0 Å². The molecule has 0 amide bonds. The highest BCUT2D eigenvalue weighted by molar-refractivity contribution is 9.11. The smallest absolute Gasteiger partial charge is 0.310 e. The molecule has 2 heterocycles. The lowest BCUT2D eigenvalue weighted by Crippen LogP contribution is -2.29. The third-order valence-corrected chi connectivity index (χ3v) is 7.69. The zero-order valence-corrected chi connectivity index (χ0v) is 13.9. The standard InChI is InChI=1S/C10H11BrClNO4S2/c1-17-10(14)6-2-3-13(5-6)19(15,16)8-4-7(12)9(11)18-8/h4,6H,2-3,5H2,1H3. The van der Waals surface area contributed by atoms with Crippen molar-refractivity contribution >= 4 is 54.9 Å². The first kappa shape index (κ1) is 15.2. The van der Waals surface area contributed by atoms with Gasteiger partial charge in [-0.2, -0.15) is 4.31 Å². The Bertz CT molecular complexity index is 581. The monoisotopic (exact) mass is 387 g/mol. The molecule has 1 aromatic rings. The number of hydrogen-bond acceptors (Lipinski definition) is 5. The van der Waals surface area contributed by atoms with E-state index in [0.29, 0.717) is 21.8 Å². The number of halogens is 2. The van der Waals surface area contributed by atoms with Crippen molar-refractivity contribution in [2.24, 2.45) is 5.92 Å². The third-order valence-electron chi connectivity index (χ3n) is 2.90. The van der Waals surface area contributed by atoms with E-state index in [1.165, 1.54) is 17.5 Å². The molecule has 9 heteroatoms. The first-order valence-corrected chi connectivity index (χ1v) is 8.82. The molecule has 1 unspecified atom stereocenters. The predicted octanol–water partition coefficient (Wildman–Crippen LogP) is 2.35. The van der Waals surface area contributed by atoms with Crippen LogP contribution in [0.1, 0.15) is 6.42 Å². The number of sulfonamides is 1. The van der Waals surface area contributed by atoms with E-state index >= 15 is 0 Å². The summed E-state index contributed by atoms with van der Waals surface area (Å²) in [6, 6.07) is 1.41. The summed E-state index contributed by atoms with van der Waals surface area (Å²) in [6.45, 7) is 0.470. The first-order chi connectivity index (χ1) is 8.86. The molecule has 0 aromatic carbocycles. The van der Waals surface area contributed by atoms with Gasteiger partial charge in [-0.15, -0.1) is 11.3 Å². The summed E-state index contributed by atoms with van der Waals surface area (Å²) in [5.74, 6) is -0.762. The lowest BCUT2D eigenvalue weighted by molar-refractivity contribution is -0.144. The molecular weight excluding hydrogens is 378 g/mol. The van der Waals surface area contributed by atoms with Gasteiger partial charge in [0.15, 0.2) is 0 Å². The van der Waals surface area contributed by atoms with Crippen molar-refractivity contribution in [3.63, 3.8) is 0 Å². The highest BCUT2D eigenvalue weighted by atomic mass is 79.9. The minimum atomic E-state index is -3.59. The first-order valence-electron chi connectivity index (χ1n) is 5.39. The SMILES string of the molecule is COC(=O)C1CCN(S(=O)(=O)c2cc(Cl)c(Br)s2)C1. The number of methoxy groups -OCH3 is 1. The van der Waals surface area contributed by atoms with Crippen molar-refractivity contribution in [1.29, 1.82) is 0 Å². The van der Waals surface area contributed by atoms with Gasteiger partial charge < -0.3 is 4.74 Å². The van der Waals surface area contributed by atoms with E-state index in [0.717, 1.165) is 11.3 Å². The molecule has 1 aromatic heterocycles. The summed E-state index contributed by atoms with van der Waals surface area (Å²) < 4.78 is 31.4. The average molecular weight is 389 g/mol. The van der Waals surface area contributed by atoms with Gasteiger partial charge in [-0.25, -0.2) is 8.42 Å². The Morgan fingerprint density at radius 3 is 2.84 bits per heavy atom. The lowest BCUT2D eigenvalue weighted by atomic mass is 10.1. The third kappa shape index (κ3) is 2.97. The zero-order chi connectivity index (χ0) is 14.2. The van der Waals surface area contributed by atoms with Crippen molar-refractivity contribution in [2.75, 3.05) is 20.2 Å². The van der Waals surface area contributed by atoms with Crippen LogP contribution in [0.2, 0.25) is 5.02 Å². The molecular formula is C10H11BrClNO4S2. The van der Waals surface area contributed by atoms with Crippen molar-refractivity contribution in [1.82, 2.24) is 4.31 Å². The summed E-state index contributed by atoms with van der Waals surface area (Å²) >= 11 is 10.1. The van der Waals surface area contributed by atoms with E-state index in [1.807, 2.05) is 0 Å². The molecule has 0 spiro atoms. The number of esters is 1. The van der Waals surface area contributed by atoms with Crippen LogP contribution in [-0.4, -0.2) is 38.9 Å². The van der Waals surface area contributed by atoms with Gasteiger partial charge in [0, 0.05) is 13.1 Å². The number of nitrogens with zero attached hydrogens (tertiary/aromatic N) is 1. The van der Waals surface area contributed by atoms with Crippen LogP contribution in [0.4, 0.5) is 0 Å². The largest absolute Gasteiger partial charge is 0.469 e. The number of rotatable bonds is 3. The molecule has 2 rings (SSSR count). The number of thiophene rings is 1. The van der Waals surface area contributed by atoms with Crippen LogP contribution in [-0.2, 0) is 19.6 Å². The quantitative estimate of drug-likeness (QED) is 0.746. The maximum atomic E-state index is 12.4. The van der Waals surface area contributed by atoms with E-state index in [2.05, 4.69) is 20.7 Å². The number of carbonyl (C=O) groups excluding carboxylic acids is 1. The van der Waals surface area contributed by atoms with E-state index in [4.69, 9.17) is 11.6 Å². The molecule has 0 N–H and O–H groups in total. The molecule has 19 heavy (non-hydrogen) atoms. The maximum absolute atomic E-state index is 12.4. The Kier molecular flexibility index (Phi) is 4.56. The molecule has 0 saturated carbocycles. The van der Waals surface area contributed by atoms with E-state index in [1.54, 1.807) is 0 Å². The summed E-state index contributed by atoms with van der Waals surface area (Å²) in [7, 11) is -2.28. The molecule has 1 aliphatic rings. The van der Waals surface area contributed by atoms with Crippen LogP contribution >= 0.6 is 38.9 Å². The van der Waals surface area contributed by atoms with Crippen molar-refractivity contribution in [2.45, 2.75) is 10.6 Å².